The number of Topliss-reactive ketones (excluding diaryl/α,β-unsaturated/α-hetero) is 1. The van der Waals surface area contributed by atoms with Crippen LogP contribution in [0.15, 0.2) is 23.1 Å². The second kappa shape index (κ2) is 5.38. The predicted octanol–water partition coefficient (Wildman–Crippen LogP) is 3.80. The molecule has 0 aliphatic heterocycles. The van der Waals surface area contributed by atoms with Gasteiger partial charge in [0.05, 0.1) is 4.92 Å². The lowest BCUT2D eigenvalue weighted by molar-refractivity contribution is -0.385. The molecule has 4 nitrogen and oxygen atoms in total. The van der Waals surface area contributed by atoms with Crippen molar-refractivity contribution in [3.05, 3.63) is 33.9 Å². The van der Waals surface area contributed by atoms with Crippen LogP contribution in [-0.4, -0.2) is 16.2 Å². The molecule has 1 rings (SSSR count). The first kappa shape index (κ1) is 14.5. The first-order valence-corrected chi connectivity index (χ1v) is 5.63. The number of ketones is 1. The molecule has 0 heterocycles. The second-order valence-corrected chi connectivity index (χ2v) is 4.44. The van der Waals surface area contributed by atoms with Gasteiger partial charge in [0.2, 0.25) is 0 Å². The van der Waals surface area contributed by atoms with Gasteiger partial charge in [0, 0.05) is 29.0 Å². The van der Waals surface area contributed by atoms with Gasteiger partial charge in [0.25, 0.3) is 5.69 Å². The minimum absolute atomic E-state index is 0.0668. The van der Waals surface area contributed by atoms with Crippen LogP contribution in [0.5, 0.6) is 0 Å². The predicted molar refractivity (Wildman–Crippen MR) is 59.6 cm³/mol. The van der Waals surface area contributed by atoms with Gasteiger partial charge in [-0.2, -0.15) is 13.2 Å². The first-order valence-electron chi connectivity index (χ1n) is 4.81. The quantitative estimate of drug-likeness (QED) is 0.364. The van der Waals surface area contributed by atoms with Crippen molar-refractivity contribution in [2.45, 2.75) is 23.7 Å². The molecule has 0 saturated heterocycles. The minimum atomic E-state index is -4.55. The highest BCUT2D eigenvalue weighted by molar-refractivity contribution is 8.00. The smallest absolute Gasteiger partial charge is 0.294 e. The number of nitrogens with zero attached hydrogens (tertiary/aromatic N) is 1. The number of thioether (sulfide) groups is 1. The van der Waals surface area contributed by atoms with Crippen molar-refractivity contribution < 1.29 is 22.9 Å². The SMILES string of the molecule is CCC(=O)c1cc(SC(F)(F)F)cc([N+](=O)[O-])c1. The van der Waals surface area contributed by atoms with Crippen molar-refractivity contribution in [3.8, 4) is 0 Å². The number of carbonyl (C=O) groups excluding carboxylic acids is 1. The Labute approximate surface area is 104 Å². The molecule has 0 spiro atoms. The van der Waals surface area contributed by atoms with E-state index in [2.05, 4.69) is 0 Å². The molecular formula is C10H8F3NO3S. The van der Waals surface area contributed by atoms with Gasteiger partial charge in [-0.25, -0.2) is 0 Å². The fraction of sp³-hybridized carbons (Fsp3) is 0.300. The third kappa shape index (κ3) is 4.02. The average Bonchev–Trinajstić information content (AvgIpc) is 2.25. The van der Waals surface area contributed by atoms with Gasteiger partial charge in [0.1, 0.15) is 0 Å². The largest absolute Gasteiger partial charge is 0.446 e. The van der Waals surface area contributed by atoms with Gasteiger partial charge in [-0.05, 0) is 17.8 Å². The van der Waals surface area contributed by atoms with Crippen LogP contribution in [0.25, 0.3) is 0 Å². The molecule has 0 fully saturated rings. The third-order valence-electron chi connectivity index (χ3n) is 1.98. The molecule has 0 aliphatic rings. The highest BCUT2D eigenvalue weighted by Gasteiger charge is 2.30. The van der Waals surface area contributed by atoms with Gasteiger partial charge < -0.3 is 0 Å². The maximum Gasteiger partial charge on any atom is 0.446 e. The molecule has 0 atom stereocenters. The maximum atomic E-state index is 12.2. The molecule has 1 aromatic carbocycles. The normalized spacial score (nSPS) is 11.3. The van der Waals surface area contributed by atoms with Gasteiger partial charge in [-0.1, -0.05) is 6.92 Å². The second-order valence-electron chi connectivity index (χ2n) is 3.30. The summed E-state index contributed by atoms with van der Waals surface area (Å²) >= 11 is -0.482. The Morgan fingerprint density at radius 1 is 1.39 bits per heavy atom. The Morgan fingerprint density at radius 3 is 2.44 bits per heavy atom. The summed E-state index contributed by atoms with van der Waals surface area (Å²) in [4.78, 5) is 20.8. The molecule has 1 aromatic rings. The standard InChI is InChI=1S/C10H8F3NO3S/c1-2-9(15)6-3-7(14(16)17)5-8(4-6)18-10(11,12)13/h3-5H,2H2,1H3. The molecule has 0 bridgehead atoms. The van der Waals surface area contributed by atoms with Gasteiger partial charge >= 0.3 is 5.51 Å². The number of hydrogen-bond donors (Lipinski definition) is 0. The fourth-order valence-corrected chi connectivity index (χ4v) is 1.88. The lowest BCUT2D eigenvalue weighted by atomic mass is 10.1. The summed E-state index contributed by atoms with van der Waals surface area (Å²) in [6.45, 7) is 1.53. The number of hydrogen-bond acceptors (Lipinski definition) is 4. The number of rotatable bonds is 4. The zero-order valence-electron chi connectivity index (χ0n) is 9.15. The van der Waals surface area contributed by atoms with E-state index in [1.807, 2.05) is 0 Å². The number of benzene rings is 1. The lowest BCUT2D eigenvalue weighted by Gasteiger charge is -2.07. The third-order valence-corrected chi connectivity index (χ3v) is 2.68. The van der Waals surface area contributed by atoms with Crippen molar-refractivity contribution in [3.63, 3.8) is 0 Å². The Morgan fingerprint density at radius 2 is 2.00 bits per heavy atom. The minimum Gasteiger partial charge on any atom is -0.294 e. The van der Waals surface area contributed by atoms with E-state index in [1.54, 1.807) is 0 Å². The Balaban J connectivity index is 3.22. The van der Waals surface area contributed by atoms with Crippen molar-refractivity contribution >= 4 is 23.2 Å². The molecule has 18 heavy (non-hydrogen) atoms. The Bertz CT molecular complexity index is 488. The van der Waals surface area contributed by atoms with Crippen molar-refractivity contribution in [2.24, 2.45) is 0 Å². The molecule has 0 N–H and O–H groups in total. The van der Waals surface area contributed by atoms with Crippen LogP contribution in [0.3, 0.4) is 0 Å². The summed E-state index contributed by atoms with van der Waals surface area (Å²) in [5.41, 5.74) is -5.17. The van der Waals surface area contributed by atoms with Crippen LogP contribution >= 0.6 is 11.8 Å². The molecule has 0 aromatic heterocycles. The van der Waals surface area contributed by atoms with Crippen LogP contribution < -0.4 is 0 Å². The number of nitro groups is 1. The number of non-ortho nitro benzene ring substituents is 1. The monoisotopic (exact) mass is 279 g/mol. The van der Waals surface area contributed by atoms with E-state index in [4.69, 9.17) is 0 Å². The average molecular weight is 279 g/mol. The highest BCUT2D eigenvalue weighted by Crippen LogP contribution is 2.38. The number of nitro benzene ring substituents is 1. The number of halogens is 3. The van der Waals surface area contributed by atoms with E-state index in [0.717, 1.165) is 18.2 Å². The van der Waals surface area contributed by atoms with Crippen LogP contribution in [-0.2, 0) is 0 Å². The van der Waals surface area contributed by atoms with Crippen LogP contribution in [0.1, 0.15) is 23.7 Å². The Hall–Kier alpha value is -1.57. The molecule has 0 aliphatic carbocycles. The summed E-state index contributed by atoms with van der Waals surface area (Å²) in [5, 5.41) is 10.6. The summed E-state index contributed by atoms with van der Waals surface area (Å²) in [6, 6.07) is 2.79. The summed E-state index contributed by atoms with van der Waals surface area (Å²) in [5.74, 6) is -0.442. The van der Waals surface area contributed by atoms with Crippen molar-refractivity contribution in [1.82, 2.24) is 0 Å². The summed E-state index contributed by atoms with van der Waals surface area (Å²) < 4.78 is 36.6. The molecule has 0 radical (unpaired) electrons. The molecular weight excluding hydrogens is 271 g/mol. The van der Waals surface area contributed by atoms with Crippen LogP contribution in [0, 0.1) is 10.1 Å². The first-order chi connectivity index (χ1) is 8.23. The number of carbonyl (C=O) groups is 1. The maximum absolute atomic E-state index is 12.2. The zero-order valence-corrected chi connectivity index (χ0v) is 9.97. The Kier molecular flexibility index (Phi) is 4.33. The van der Waals surface area contributed by atoms with E-state index >= 15 is 0 Å². The van der Waals surface area contributed by atoms with E-state index in [9.17, 15) is 28.1 Å². The lowest BCUT2D eigenvalue weighted by Crippen LogP contribution is -2.02. The molecule has 0 unspecified atom stereocenters. The van der Waals surface area contributed by atoms with E-state index < -0.39 is 33.7 Å². The summed E-state index contributed by atoms with van der Waals surface area (Å²) in [7, 11) is 0. The fourth-order valence-electron chi connectivity index (χ4n) is 1.25. The molecule has 0 amide bonds. The van der Waals surface area contributed by atoms with Gasteiger partial charge in [-0.15, -0.1) is 0 Å². The zero-order chi connectivity index (χ0) is 13.9. The number of alkyl halides is 3. The molecule has 0 saturated carbocycles. The van der Waals surface area contributed by atoms with E-state index in [-0.39, 0.29) is 16.9 Å². The van der Waals surface area contributed by atoms with E-state index in [1.165, 1.54) is 6.92 Å². The van der Waals surface area contributed by atoms with Crippen LogP contribution in [0.4, 0.5) is 18.9 Å². The topological polar surface area (TPSA) is 60.2 Å². The van der Waals surface area contributed by atoms with Crippen molar-refractivity contribution in [2.75, 3.05) is 0 Å². The molecule has 98 valence electrons. The van der Waals surface area contributed by atoms with Crippen molar-refractivity contribution in [1.29, 1.82) is 0 Å². The van der Waals surface area contributed by atoms with Crippen LogP contribution in [0.2, 0.25) is 0 Å². The highest BCUT2D eigenvalue weighted by atomic mass is 32.2. The molecule has 8 heteroatoms. The van der Waals surface area contributed by atoms with Gasteiger partial charge in [0.15, 0.2) is 5.78 Å². The van der Waals surface area contributed by atoms with E-state index in [0.29, 0.717) is 0 Å². The van der Waals surface area contributed by atoms with Gasteiger partial charge in [-0.3, -0.25) is 14.9 Å². The summed E-state index contributed by atoms with van der Waals surface area (Å²) in [6.07, 6.45) is 0.0668.